The molecule has 0 aromatic carbocycles. The molecule has 0 saturated heterocycles. The molecule has 4 nitrogen and oxygen atoms in total. The first-order chi connectivity index (χ1) is 11.4. The third-order valence-corrected chi connectivity index (χ3v) is 4.52. The van der Waals surface area contributed by atoms with Gasteiger partial charge in [0.05, 0.1) is 12.3 Å². The lowest BCUT2D eigenvalue weighted by Crippen LogP contribution is -2.32. The number of unbranched alkanes of at least 4 members (excludes halogenated alkanes) is 4. The van der Waals surface area contributed by atoms with Gasteiger partial charge in [0.15, 0.2) is 0 Å². The van der Waals surface area contributed by atoms with Crippen molar-refractivity contribution in [2.24, 2.45) is 0 Å². The highest BCUT2D eigenvalue weighted by molar-refractivity contribution is 7.85. The molecule has 0 unspecified atom stereocenters. The average molecular weight is 359 g/mol. The summed E-state index contributed by atoms with van der Waals surface area (Å²) in [6.07, 6.45) is 20.9. The van der Waals surface area contributed by atoms with E-state index in [2.05, 4.69) is 57.6 Å². The SMILES string of the molecule is CCC/C=C/[N+](/C=C/CCC)(/C=C/CCC)CCCCS(=O)(=O)O. The van der Waals surface area contributed by atoms with Crippen LogP contribution in [0.15, 0.2) is 36.8 Å². The number of rotatable bonds is 14. The Morgan fingerprint density at radius 3 is 1.54 bits per heavy atom. The van der Waals surface area contributed by atoms with Crippen molar-refractivity contribution < 1.29 is 17.5 Å². The van der Waals surface area contributed by atoms with Crippen LogP contribution in [0.1, 0.15) is 72.1 Å². The summed E-state index contributed by atoms with van der Waals surface area (Å²) < 4.78 is 31.3. The van der Waals surface area contributed by atoms with E-state index in [9.17, 15) is 8.42 Å². The van der Waals surface area contributed by atoms with Gasteiger partial charge >= 0.3 is 0 Å². The molecule has 0 bridgehead atoms. The second kappa shape index (κ2) is 13.4. The minimum absolute atomic E-state index is 0.164. The molecule has 0 aliphatic heterocycles. The van der Waals surface area contributed by atoms with Crippen molar-refractivity contribution in [1.82, 2.24) is 0 Å². The lowest BCUT2D eigenvalue weighted by atomic mass is 10.2. The maximum atomic E-state index is 10.9. The number of nitrogens with zero attached hydrogens (tertiary/aromatic N) is 1. The quantitative estimate of drug-likeness (QED) is 0.256. The normalized spacial score (nSPS) is 13.7. The average Bonchev–Trinajstić information content (AvgIpc) is 2.51. The highest BCUT2D eigenvalue weighted by atomic mass is 32.2. The molecule has 0 amide bonds. The van der Waals surface area contributed by atoms with Crippen LogP contribution in [0.2, 0.25) is 0 Å². The first-order valence-corrected chi connectivity index (χ1v) is 10.9. The molecule has 0 rings (SSSR count). The molecule has 0 saturated carbocycles. The van der Waals surface area contributed by atoms with E-state index in [1.807, 2.05) is 0 Å². The molecule has 0 spiro atoms. The highest BCUT2D eigenvalue weighted by Gasteiger charge is 2.19. The van der Waals surface area contributed by atoms with Crippen molar-refractivity contribution in [3.63, 3.8) is 0 Å². The van der Waals surface area contributed by atoms with E-state index < -0.39 is 10.1 Å². The molecule has 24 heavy (non-hydrogen) atoms. The van der Waals surface area contributed by atoms with E-state index in [4.69, 9.17) is 4.55 Å². The van der Waals surface area contributed by atoms with Crippen LogP contribution < -0.4 is 0 Å². The topological polar surface area (TPSA) is 54.4 Å². The molecule has 0 heterocycles. The largest absolute Gasteiger partial charge is 0.286 e. The van der Waals surface area contributed by atoms with Crippen LogP contribution in [0, 0.1) is 0 Å². The van der Waals surface area contributed by atoms with Crippen LogP contribution in [-0.2, 0) is 10.1 Å². The van der Waals surface area contributed by atoms with Crippen molar-refractivity contribution >= 4 is 10.1 Å². The van der Waals surface area contributed by atoms with Crippen LogP contribution in [0.4, 0.5) is 0 Å². The standard InChI is InChI=1S/C19H35NO3S/c1-4-7-10-15-20(16-11-8-5-2,17-12-9-6-3)18-13-14-19-24(21,22)23/h10-12,15-17H,4-9,13-14,18-19H2,1-3H3/p+1/b15-10+,16-11+,17-12+. The van der Waals surface area contributed by atoms with Gasteiger partial charge in [-0.25, -0.2) is 4.48 Å². The van der Waals surface area contributed by atoms with Gasteiger partial charge in [-0.15, -0.1) is 0 Å². The van der Waals surface area contributed by atoms with Gasteiger partial charge in [0, 0.05) is 0 Å². The van der Waals surface area contributed by atoms with Gasteiger partial charge in [0.1, 0.15) is 18.6 Å². The van der Waals surface area contributed by atoms with E-state index >= 15 is 0 Å². The maximum Gasteiger partial charge on any atom is 0.264 e. The zero-order valence-corrected chi connectivity index (χ0v) is 16.5. The third-order valence-electron chi connectivity index (χ3n) is 3.71. The minimum atomic E-state index is -3.87. The molecule has 0 aliphatic rings. The van der Waals surface area contributed by atoms with E-state index in [1.54, 1.807) is 0 Å². The van der Waals surface area contributed by atoms with E-state index in [0.717, 1.165) is 51.5 Å². The summed E-state index contributed by atoms with van der Waals surface area (Å²) >= 11 is 0. The van der Waals surface area contributed by atoms with Gasteiger partial charge in [0.2, 0.25) is 0 Å². The predicted molar refractivity (Wildman–Crippen MR) is 103 cm³/mol. The molecule has 1 N–H and O–H groups in total. The smallest absolute Gasteiger partial charge is 0.264 e. The first kappa shape index (κ1) is 23.1. The van der Waals surface area contributed by atoms with Crippen molar-refractivity contribution in [2.45, 2.75) is 72.1 Å². The zero-order valence-electron chi connectivity index (χ0n) is 15.7. The Hall–Kier alpha value is -0.910. The van der Waals surface area contributed by atoms with Crippen molar-refractivity contribution in [3.8, 4) is 0 Å². The van der Waals surface area contributed by atoms with Gasteiger partial charge in [-0.1, -0.05) is 40.0 Å². The van der Waals surface area contributed by atoms with Gasteiger partial charge < -0.3 is 0 Å². The summed E-state index contributed by atoms with van der Waals surface area (Å²) in [6.45, 7) is 7.27. The molecular weight excluding hydrogens is 322 g/mol. The maximum absolute atomic E-state index is 10.9. The summed E-state index contributed by atoms with van der Waals surface area (Å²) in [4.78, 5) is 0. The summed E-state index contributed by atoms with van der Waals surface area (Å²) in [6, 6.07) is 0. The lowest BCUT2D eigenvalue weighted by molar-refractivity contribution is -0.774. The Balaban J connectivity index is 5.13. The molecule has 0 aliphatic carbocycles. The van der Waals surface area contributed by atoms with Crippen molar-refractivity contribution in [1.29, 1.82) is 0 Å². The van der Waals surface area contributed by atoms with Crippen LogP contribution >= 0.6 is 0 Å². The van der Waals surface area contributed by atoms with Gasteiger partial charge in [-0.2, -0.15) is 8.42 Å². The summed E-state index contributed by atoms with van der Waals surface area (Å²) in [7, 11) is -3.87. The Bertz CT molecular complexity index is 452. The molecule has 0 aromatic rings. The fourth-order valence-electron chi connectivity index (χ4n) is 2.36. The zero-order chi connectivity index (χ0) is 18.3. The van der Waals surface area contributed by atoms with E-state index in [1.165, 1.54) is 0 Å². The Labute approximate surface area is 149 Å². The van der Waals surface area contributed by atoms with Gasteiger partial charge in [0.25, 0.3) is 10.1 Å². The Kier molecular flexibility index (Phi) is 12.9. The van der Waals surface area contributed by atoms with E-state index in [-0.39, 0.29) is 5.75 Å². The number of quaternary nitrogens is 1. The molecule has 140 valence electrons. The van der Waals surface area contributed by atoms with Crippen LogP contribution in [0.25, 0.3) is 0 Å². The number of hydrogen-bond acceptors (Lipinski definition) is 2. The van der Waals surface area contributed by atoms with Crippen molar-refractivity contribution in [2.75, 3.05) is 12.3 Å². The summed E-state index contributed by atoms with van der Waals surface area (Å²) in [5, 5.41) is 0. The van der Waals surface area contributed by atoms with Gasteiger partial charge in [-0.3, -0.25) is 4.55 Å². The fourth-order valence-corrected chi connectivity index (χ4v) is 2.92. The van der Waals surface area contributed by atoms with Crippen molar-refractivity contribution in [3.05, 3.63) is 36.8 Å². The van der Waals surface area contributed by atoms with Crippen LogP contribution in [0.3, 0.4) is 0 Å². The molecule has 0 atom stereocenters. The van der Waals surface area contributed by atoms with Crippen LogP contribution in [-0.4, -0.2) is 29.8 Å². The molecule has 5 heteroatoms. The fraction of sp³-hybridized carbons (Fsp3) is 0.684. The van der Waals surface area contributed by atoms with Gasteiger partial charge in [-0.05, 0) is 50.3 Å². The molecule has 0 aromatic heterocycles. The third kappa shape index (κ3) is 12.5. The van der Waals surface area contributed by atoms with E-state index in [0.29, 0.717) is 10.9 Å². The second-order valence-corrected chi connectivity index (χ2v) is 7.80. The first-order valence-electron chi connectivity index (χ1n) is 9.24. The van der Waals surface area contributed by atoms with Crippen LogP contribution in [0.5, 0.6) is 0 Å². The Morgan fingerprint density at radius 1 is 0.792 bits per heavy atom. The minimum Gasteiger partial charge on any atom is -0.286 e. The summed E-state index contributed by atoms with van der Waals surface area (Å²) in [5.41, 5.74) is 0. The number of allylic oxidation sites excluding steroid dienone is 3. The number of hydrogen-bond donors (Lipinski definition) is 1. The lowest BCUT2D eigenvalue weighted by Gasteiger charge is -2.27. The highest BCUT2D eigenvalue weighted by Crippen LogP contribution is 2.17. The molecule has 0 fully saturated rings. The molecular formula is C19H36NO3S+. The Morgan fingerprint density at radius 2 is 1.21 bits per heavy atom. The molecule has 0 radical (unpaired) electrons. The second-order valence-electron chi connectivity index (χ2n) is 6.23. The monoisotopic (exact) mass is 358 g/mol. The summed E-state index contributed by atoms with van der Waals surface area (Å²) in [5.74, 6) is -0.164. The predicted octanol–water partition coefficient (Wildman–Crippen LogP) is 5.41.